The first-order chi connectivity index (χ1) is 7.52. The summed E-state index contributed by atoms with van der Waals surface area (Å²) >= 11 is 0. The van der Waals surface area contributed by atoms with Gasteiger partial charge in [-0.1, -0.05) is 27.7 Å². The van der Waals surface area contributed by atoms with E-state index in [1.165, 1.54) is 13.0 Å². The predicted molar refractivity (Wildman–Crippen MR) is 70.7 cm³/mol. The Morgan fingerprint density at radius 1 is 1.19 bits per heavy atom. The van der Waals surface area contributed by atoms with Gasteiger partial charge in [-0.2, -0.15) is 0 Å². The first kappa shape index (κ1) is 17.0. The molecule has 0 fully saturated rings. The lowest BCUT2D eigenvalue weighted by molar-refractivity contribution is 0.624. The van der Waals surface area contributed by atoms with Crippen LogP contribution in [0.3, 0.4) is 0 Å². The van der Waals surface area contributed by atoms with Gasteiger partial charge in [0, 0.05) is 11.4 Å². The van der Waals surface area contributed by atoms with Crippen LogP contribution in [-0.4, -0.2) is 5.71 Å². The van der Waals surface area contributed by atoms with Gasteiger partial charge in [-0.3, -0.25) is 0 Å². The van der Waals surface area contributed by atoms with Gasteiger partial charge in [0.2, 0.25) is 0 Å². The van der Waals surface area contributed by atoms with Crippen LogP contribution in [0.5, 0.6) is 0 Å². The van der Waals surface area contributed by atoms with Gasteiger partial charge in [0.1, 0.15) is 5.82 Å². The van der Waals surface area contributed by atoms with E-state index in [4.69, 9.17) is 11.1 Å². The van der Waals surface area contributed by atoms with Crippen molar-refractivity contribution in [3.05, 3.63) is 29.1 Å². The third kappa shape index (κ3) is 4.91. The Balaban J connectivity index is 0. The smallest absolute Gasteiger partial charge is 0.134 e. The van der Waals surface area contributed by atoms with Crippen LogP contribution in [0.2, 0.25) is 0 Å². The van der Waals surface area contributed by atoms with Crippen LogP contribution in [0.4, 0.5) is 10.1 Å². The molecule has 0 unspecified atom stereocenters. The number of hydrogen-bond acceptors (Lipinski definition) is 2. The number of halogens is 1. The standard InChI is InChI=1S/C9H11FN2.2C2H6/c1-5-3-7(10)9(6(2)11)8(12)4-5;2*1-2/h3-4,11H,12H2,1-2H3;2*1-2H3. The van der Waals surface area contributed by atoms with Gasteiger partial charge in [0.05, 0.1) is 5.56 Å². The normalized spacial score (nSPS) is 8.19. The van der Waals surface area contributed by atoms with E-state index < -0.39 is 5.82 Å². The SMILES string of the molecule is CC.CC.CC(=N)c1c(N)cc(C)cc1F. The molecule has 0 aliphatic carbocycles. The van der Waals surface area contributed by atoms with Crippen LogP contribution in [-0.2, 0) is 0 Å². The van der Waals surface area contributed by atoms with Crippen LogP contribution in [0.25, 0.3) is 0 Å². The van der Waals surface area contributed by atoms with E-state index in [1.807, 2.05) is 27.7 Å². The Labute approximate surface area is 98.2 Å². The summed E-state index contributed by atoms with van der Waals surface area (Å²) in [5.41, 5.74) is 7.02. The topological polar surface area (TPSA) is 49.9 Å². The number of rotatable bonds is 1. The van der Waals surface area contributed by atoms with Gasteiger partial charge < -0.3 is 11.1 Å². The first-order valence-corrected chi connectivity index (χ1v) is 5.63. The molecule has 0 amide bonds. The minimum absolute atomic E-state index is 0.157. The fourth-order valence-corrected chi connectivity index (χ4v) is 1.16. The summed E-state index contributed by atoms with van der Waals surface area (Å²) in [5, 5.41) is 7.27. The lowest BCUT2D eigenvalue weighted by atomic mass is 10.1. The second-order valence-electron chi connectivity index (χ2n) is 2.84. The van der Waals surface area contributed by atoms with Crippen LogP contribution in [0.15, 0.2) is 12.1 Å². The Bertz CT molecular complexity index is 310. The van der Waals surface area contributed by atoms with Crippen molar-refractivity contribution in [3.8, 4) is 0 Å². The Morgan fingerprint density at radius 3 is 1.94 bits per heavy atom. The molecule has 16 heavy (non-hydrogen) atoms. The molecule has 0 saturated heterocycles. The van der Waals surface area contributed by atoms with Gasteiger partial charge in [0.15, 0.2) is 0 Å². The van der Waals surface area contributed by atoms with Crippen molar-refractivity contribution in [2.45, 2.75) is 41.5 Å². The van der Waals surface area contributed by atoms with E-state index in [1.54, 1.807) is 13.0 Å². The summed E-state index contributed by atoms with van der Waals surface area (Å²) in [6.45, 7) is 11.3. The van der Waals surface area contributed by atoms with Crippen molar-refractivity contribution in [1.82, 2.24) is 0 Å². The fourth-order valence-electron chi connectivity index (χ4n) is 1.16. The minimum Gasteiger partial charge on any atom is -0.398 e. The van der Waals surface area contributed by atoms with Crippen LogP contribution in [0, 0.1) is 18.2 Å². The molecule has 0 aliphatic heterocycles. The van der Waals surface area contributed by atoms with Crippen molar-refractivity contribution in [1.29, 1.82) is 5.41 Å². The van der Waals surface area contributed by atoms with Gasteiger partial charge in [-0.15, -0.1) is 0 Å². The first-order valence-electron chi connectivity index (χ1n) is 5.63. The Hall–Kier alpha value is -1.38. The highest BCUT2D eigenvalue weighted by atomic mass is 19.1. The molecular weight excluding hydrogens is 203 g/mol. The maximum atomic E-state index is 13.1. The highest BCUT2D eigenvalue weighted by molar-refractivity contribution is 6.01. The molecule has 0 spiro atoms. The summed E-state index contributed by atoms with van der Waals surface area (Å²) in [6, 6.07) is 3.04. The molecule has 3 N–H and O–H groups in total. The maximum absolute atomic E-state index is 13.1. The van der Waals surface area contributed by atoms with Crippen molar-refractivity contribution in [2.24, 2.45) is 0 Å². The van der Waals surface area contributed by atoms with Gasteiger partial charge >= 0.3 is 0 Å². The van der Waals surface area contributed by atoms with Crippen molar-refractivity contribution in [3.63, 3.8) is 0 Å². The average Bonchev–Trinajstić information content (AvgIpc) is 2.21. The van der Waals surface area contributed by atoms with Gasteiger partial charge in [0.25, 0.3) is 0 Å². The zero-order chi connectivity index (χ0) is 13.3. The third-order valence-electron chi connectivity index (χ3n) is 1.64. The molecule has 0 atom stereocenters. The molecule has 2 nitrogen and oxygen atoms in total. The van der Waals surface area contributed by atoms with E-state index in [-0.39, 0.29) is 11.3 Å². The molecule has 0 saturated carbocycles. The average molecular weight is 226 g/mol. The Morgan fingerprint density at radius 2 is 1.62 bits per heavy atom. The molecule has 0 aromatic heterocycles. The number of nitrogens with one attached hydrogen (secondary N) is 1. The highest BCUT2D eigenvalue weighted by Crippen LogP contribution is 2.18. The quantitative estimate of drug-likeness (QED) is 0.548. The molecule has 1 aromatic carbocycles. The predicted octanol–water partition coefficient (Wildman–Crippen LogP) is 4.16. The highest BCUT2D eigenvalue weighted by Gasteiger charge is 2.08. The molecule has 92 valence electrons. The lowest BCUT2D eigenvalue weighted by Crippen LogP contribution is -2.03. The third-order valence-corrected chi connectivity index (χ3v) is 1.64. The molecule has 0 heterocycles. The number of nitrogen functional groups attached to an aromatic ring is 1. The lowest BCUT2D eigenvalue weighted by Gasteiger charge is -2.05. The van der Waals surface area contributed by atoms with Crippen molar-refractivity contribution < 1.29 is 4.39 Å². The molecule has 1 aromatic rings. The summed E-state index contributed by atoms with van der Waals surface area (Å²) in [6.07, 6.45) is 0. The second-order valence-corrected chi connectivity index (χ2v) is 2.84. The molecule has 3 heteroatoms. The van der Waals surface area contributed by atoms with Gasteiger partial charge in [-0.05, 0) is 31.5 Å². The van der Waals surface area contributed by atoms with Crippen LogP contribution >= 0.6 is 0 Å². The largest absolute Gasteiger partial charge is 0.398 e. The molecule has 0 radical (unpaired) electrons. The molecular formula is C13H23FN2. The van der Waals surface area contributed by atoms with Crippen LogP contribution in [0.1, 0.15) is 45.7 Å². The second kappa shape index (κ2) is 8.89. The molecule has 0 aliphatic rings. The number of aryl methyl sites for hydroxylation is 1. The number of hydrogen-bond donors (Lipinski definition) is 2. The zero-order valence-electron chi connectivity index (χ0n) is 11.1. The number of benzene rings is 1. The van der Waals surface area contributed by atoms with E-state index in [2.05, 4.69) is 0 Å². The zero-order valence-corrected chi connectivity index (χ0v) is 11.1. The van der Waals surface area contributed by atoms with E-state index in [9.17, 15) is 4.39 Å². The van der Waals surface area contributed by atoms with E-state index >= 15 is 0 Å². The van der Waals surface area contributed by atoms with Crippen molar-refractivity contribution in [2.75, 3.05) is 5.73 Å². The summed E-state index contributed by atoms with van der Waals surface area (Å²) in [7, 11) is 0. The summed E-state index contributed by atoms with van der Waals surface area (Å²) in [5.74, 6) is -0.417. The monoisotopic (exact) mass is 226 g/mol. The summed E-state index contributed by atoms with van der Waals surface area (Å²) < 4.78 is 13.1. The fraction of sp³-hybridized carbons (Fsp3) is 0.462. The Kier molecular flexibility index (Phi) is 9.46. The molecule has 0 bridgehead atoms. The number of nitrogens with two attached hydrogens (primary N) is 1. The number of anilines is 1. The van der Waals surface area contributed by atoms with Crippen LogP contribution < -0.4 is 5.73 Å². The van der Waals surface area contributed by atoms with Crippen molar-refractivity contribution >= 4 is 11.4 Å². The maximum Gasteiger partial charge on any atom is 0.134 e. The van der Waals surface area contributed by atoms with Gasteiger partial charge in [-0.25, -0.2) is 4.39 Å². The molecule has 1 rings (SSSR count). The summed E-state index contributed by atoms with van der Waals surface area (Å²) in [4.78, 5) is 0. The van der Waals surface area contributed by atoms with E-state index in [0.717, 1.165) is 5.56 Å². The van der Waals surface area contributed by atoms with E-state index in [0.29, 0.717) is 5.69 Å². The minimum atomic E-state index is -0.417.